The van der Waals surface area contributed by atoms with Gasteiger partial charge in [0.2, 0.25) is 0 Å². The zero-order valence-corrected chi connectivity index (χ0v) is 15.7. The molecule has 0 amide bonds. The van der Waals surface area contributed by atoms with Crippen molar-refractivity contribution in [3.63, 3.8) is 0 Å². The number of rotatable bonds is 7. The fraction of sp³-hybridized carbons (Fsp3) is 0.368. The van der Waals surface area contributed by atoms with E-state index >= 15 is 0 Å². The van der Waals surface area contributed by atoms with E-state index < -0.39 is 14.7 Å². The quantitative estimate of drug-likeness (QED) is 0.545. The lowest BCUT2D eigenvalue weighted by atomic mass is 10.2. The third kappa shape index (κ3) is 3.48. The van der Waals surface area contributed by atoms with E-state index in [9.17, 15) is 8.42 Å². The molecule has 1 fully saturated rings. The van der Waals surface area contributed by atoms with Crippen LogP contribution in [-0.2, 0) is 19.6 Å². The van der Waals surface area contributed by atoms with E-state index in [4.69, 9.17) is 9.62 Å². The predicted molar refractivity (Wildman–Crippen MR) is 97.7 cm³/mol. The van der Waals surface area contributed by atoms with E-state index in [0.717, 1.165) is 6.42 Å². The Kier molecular flexibility index (Phi) is 5.62. The van der Waals surface area contributed by atoms with Crippen LogP contribution in [0.1, 0.15) is 12.8 Å². The van der Waals surface area contributed by atoms with Crippen LogP contribution < -0.4 is 4.74 Å². The molecule has 0 aliphatic carbocycles. The molecule has 1 unspecified atom stereocenters. The van der Waals surface area contributed by atoms with Gasteiger partial charge in [0, 0.05) is 0 Å². The van der Waals surface area contributed by atoms with E-state index in [1.54, 1.807) is 31.3 Å². The van der Waals surface area contributed by atoms with Crippen molar-refractivity contribution in [1.82, 2.24) is 4.90 Å². The van der Waals surface area contributed by atoms with Gasteiger partial charge in [0.05, 0.1) is 12.0 Å². The summed E-state index contributed by atoms with van der Waals surface area (Å²) >= 11 is 0. The molecule has 3 rings (SSSR count). The van der Waals surface area contributed by atoms with E-state index in [1.165, 1.54) is 7.11 Å². The van der Waals surface area contributed by atoms with Gasteiger partial charge in [-0.15, -0.1) is 0 Å². The van der Waals surface area contributed by atoms with Crippen molar-refractivity contribution in [2.45, 2.75) is 22.6 Å². The fourth-order valence-electron chi connectivity index (χ4n) is 3.27. The zero-order valence-electron chi connectivity index (χ0n) is 14.9. The number of likely N-dealkylation sites (tertiary alicyclic amines) is 1. The van der Waals surface area contributed by atoms with Gasteiger partial charge in [0.15, 0.2) is 14.7 Å². The molecule has 0 bridgehead atoms. The molecular formula is C19H23NO5S. The summed E-state index contributed by atoms with van der Waals surface area (Å²) in [5, 5.41) is 0. The summed E-state index contributed by atoms with van der Waals surface area (Å²) in [6.45, 7) is 0.659. The number of para-hydroxylation sites is 1. The van der Waals surface area contributed by atoms with Crippen LogP contribution in [0.25, 0.3) is 0 Å². The van der Waals surface area contributed by atoms with Crippen molar-refractivity contribution in [2.24, 2.45) is 0 Å². The highest BCUT2D eigenvalue weighted by atomic mass is 32.2. The minimum atomic E-state index is -3.65. The van der Waals surface area contributed by atoms with Crippen molar-refractivity contribution in [3.05, 3.63) is 54.6 Å². The minimum Gasteiger partial charge on any atom is -0.457 e. The topological polar surface area (TPSA) is 65.1 Å². The zero-order chi connectivity index (χ0) is 18.6. The number of ether oxygens (including phenoxy) is 1. The first-order valence-electron chi connectivity index (χ1n) is 8.44. The summed E-state index contributed by atoms with van der Waals surface area (Å²) in [4.78, 5) is 10.7. The molecule has 6 nitrogen and oxygen atoms in total. The first kappa shape index (κ1) is 18.8. The Labute approximate surface area is 154 Å². The van der Waals surface area contributed by atoms with Gasteiger partial charge in [-0.1, -0.05) is 18.2 Å². The van der Waals surface area contributed by atoms with Gasteiger partial charge in [-0.05, 0) is 62.8 Å². The average Bonchev–Trinajstić information content (AvgIpc) is 3.03. The summed E-state index contributed by atoms with van der Waals surface area (Å²) < 4.78 is 32.4. The summed E-state index contributed by atoms with van der Waals surface area (Å²) in [7, 11) is -0.464. The van der Waals surface area contributed by atoms with E-state index in [1.807, 2.05) is 35.2 Å². The summed E-state index contributed by atoms with van der Waals surface area (Å²) in [5.74, 6) is 1.28. The van der Waals surface area contributed by atoms with Gasteiger partial charge in [-0.2, -0.15) is 0 Å². The molecule has 26 heavy (non-hydrogen) atoms. The van der Waals surface area contributed by atoms with E-state index in [-0.39, 0.29) is 11.5 Å². The molecule has 0 N–H and O–H groups in total. The second-order valence-electron chi connectivity index (χ2n) is 6.29. The maximum absolute atomic E-state index is 13.3. The second kappa shape index (κ2) is 7.75. The van der Waals surface area contributed by atoms with Gasteiger partial charge >= 0.3 is 0 Å². The molecule has 1 saturated heterocycles. The molecular weight excluding hydrogens is 354 g/mol. The summed E-state index contributed by atoms with van der Waals surface area (Å²) in [5.41, 5.74) is 0. The Morgan fingerprint density at radius 2 is 1.69 bits per heavy atom. The van der Waals surface area contributed by atoms with Crippen LogP contribution in [0, 0.1) is 0 Å². The third-order valence-electron chi connectivity index (χ3n) is 4.77. The molecule has 0 saturated carbocycles. The maximum Gasteiger partial charge on any atom is 0.199 e. The molecule has 1 aliphatic heterocycles. The first-order chi connectivity index (χ1) is 12.5. The van der Waals surface area contributed by atoms with Crippen LogP contribution >= 0.6 is 0 Å². The van der Waals surface area contributed by atoms with Crippen molar-refractivity contribution in [1.29, 1.82) is 0 Å². The largest absolute Gasteiger partial charge is 0.457 e. The van der Waals surface area contributed by atoms with Crippen LogP contribution in [0.2, 0.25) is 0 Å². The lowest BCUT2D eigenvalue weighted by molar-refractivity contribution is -0.281. The summed E-state index contributed by atoms with van der Waals surface area (Å²) in [6.07, 6.45) is 1.29. The monoisotopic (exact) mass is 377 g/mol. The molecule has 0 spiro atoms. The van der Waals surface area contributed by atoms with Crippen LogP contribution in [0.15, 0.2) is 59.5 Å². The summed E-state index contributed by atoms with van der Waals surface area (Å²) in [6, 6.07) is 15.8. The van der Waals surface area contributed by atoms with Gasteiger partial charge in [-0.25, -0.2) is 18.2 Å². The predicted octanol–water partition coefficient (Wildman–Crippen LogP) is 3.25. The molecule has 0 aromatic heterocycles. The normalized spacial score (nSPS) is 21.0. The van der Waals surface area contributed by atoms with E-state index in [2.05, 4.69) is 4.89 Å². The fourth-order valence-corrected chi connectivity index (χ4v) is 5.32. The van der Waals surface area contributed by atoms with Crippen molar-refractivity contribution >= 4 is 9.84 Å². The first-order valence-corrected chi connectivity index (χ1v) is 9.92. The van der Waals surface area contributed by atoms with Gasteiger partial charge < -0.3 is 4.74 Å². The van der Waals surface area contributed by atoms with Crippen molar-refractivity contribution in [3.8, 4) is 11.5 Å². The van der Waals surface area contributed by atoms with Crippen LogP contribution in [0.4, 0.5) is 0 Å². The van der Waals surface area contributed by atoms with Gasteiger partial charge in [0.25, 0.3) is 0 Å². The molecule has 1 heterocycles. The Hall–Kier alpha value is -1.93. The molecule has 1 atom stereocenters. The Morgan fingerprint density at radius 1 is 1.04 bits per heavy atom. The molecule has 1 aliphatic rings. The average molecular weight is 377 g/mol. The Morgan fingerprint density at radius 3 is 2.27 bits per heavy atom. The van der Waals surface area contributed by atoms with Gasteiger partial charge in [0.1, 0.15) is 18.1 Å². The van der Waals surface area contributed by atoms with Crippen molar-refractivity contribution < 1.29 is 22.9 Å². The van der Waals surface area contributed by atoms with Crippen LogP contribution in [0.5, 0.6) is 11.5 Å². The molecule has 140 valence electrons. The molecule has 2 aromatic carbocycles. The highest BCUT2D eigenvalue weighted by Crippen LogP contribution is 2.38. The number of sulfone groups is 1. The number of benzene rings is 2. The smallest absolute Gasteiger partial charge is 0.199 e. The number of hydrogen-bond donors (Lipinski definition) is 0. The number of likely N-dealkylation sites (N-methyl/N-ethyl adjacent to an activating group) is 1. The van der Waals surface area contributed by atoms with E-state index in [0.29, 0.717) is 24.5 Å². The maximum atomic E-state index is 13.3. The molecule has 7 heteroatoms. The van der Waals surface area contributed by atoms with Gasteiger partial charge in [-0.3, -0.25) is 4.90 Å². The molecule has 0 radical (unpaired) electrons. The van der Waals surface area contributed by atoms with Crippen molar-refractivity contribution in [2.75, 3.05) is 27.3 Å². The Bertz CT molecular complexity index is 823. The highest BCUT2D eigenvalue weighted by molar-refractivity contribution is 7.92. The minimum absolute atomic E-state index is 0.0371. The lowest BCUT2D eigenvalue weighted by Gasteiger charge is -2.34. The van der Waals surface area contributed by atoms with Crippen LogP contribution in [0.3, 0.4) is 0 Å². The number of nitrogens with zero attached hydrogens (tertiary/aromatic N) is 1. The Balaban J connectivity index is 1.86. The lowest BCUT2D eigenvalue weighted by Crippen LogP contribution is -2.52. The SMILES string of the molecule is COOCC1(S(=O)(=O)c2ccc(Oc3ccccc3)cc2)CCCN1C. The second-order valence-corrected chi connectivity index (χ2v) is 8.53. The standard InChI is InChI=1S/C19H23NO5S/c1-20-14-6-13-19(20,15-24-23-2)26(21,22)18-11-9-17(10-12-18)25-16-7-4-3-5-8-16/h3-5,7-12H,6,13-15H2,1-2H3. The highest BCUT2D eigenvalue weighted by Gasteiger charge is 2.51. The van der Waals surface area contributed by atoms with Crippen LogP contribution in [-0.4, -0.2) is 45.5 Å². The molecule has 2 aromatic rings. The third-order valence-corrected chi connectivity index (χ3v) is 7.30. The number of hydrogen-bond acceptors (Lipinski definition) is 6.